The molecule has 0 radical (unpaired) electrons. The van der Waals surface area contributed by atoms with Gasteiger partial charge in [0.05, 0.1) is 12.7 Å². The number of fused-ring (bicyclic) bond motifs is 1. The van der Waals surface area contributed by atoms with Crippen molar-refractivity contribution >= 4 is 11.7 Å². The van der Waals surface area contributed by atoms with Crippen molar-refractivity contribution in [2.24, 2.45) is 0 Å². The van der Waals surface area contributed by atoms with Gasteiger partial charge in [0.25, 0.3) is 0 Å². The Morgan fingerprint density at radius 1 is 1.00 bits per heavy atom. The van der Waals surface area contributed by atoms with E-state index in [0.29, 0.717) is 23.6 Å². The van der Waals surface area contributed by atoms with Crippen LogP contribution in [0.15, 0.2) is 72.8 Å². The second-order valence-corrected chi connectivity index (χ2v) is 8.51. The number of anilines is 1. The molecule has 6 heteroatoms. The van der Waals surface area contributed by atoms with Crippen LogP contribution in [0, 0.1) is 0 Å². The molecule has 1 aliphatic rings. The van der Waals surface area contributed by atoms with Crippen LogP contribution in [0.2, 0.25) is 0 Å². The Bertz CT molecular complexity index is 1100. The van der Waals surface area contributed by atoms with Crippen LogP contribution in [0.4, 0.5) is 5.69 Å². The minimum absolute atomic E-state index is 0.436. The van der Waals surface area contributed by atoms with Gasteiger partial charge in [0, 0.05) is 24.9 Å². The molecule has 33 heavy (non-hydrogen) atoms. The molecule has 4 rings (SSSR count). The molecule has 2 atom stereocenters. The Balaban J connectivity index is 1.56. The number of hydrogen-bond acceptors (Lipinski definition) is 6. The fourth-order valence-corrected chi connectivity index (χ4v) is 4.01. The van der Waals surface area contributed by atoms with E-state index in [-0.39, 0.29) is 0 Å². The van der Waals surface area contributed by atoms with Crippen LogP contribution in [0.25, 0.3) is 0 Å². The first-order chi connectivity index (χ1) is 15.9. The summed E-state index contributed by atoms with van der Waals surface area (Å²) in [4.78, 5) is 12.9. The van der Waals surface area contributed by atoms with Crippen molar-refractivity contribution in [2.45, 2.75) is 38.2 Å². The Hall–Kier alpha value is -3.51. The van der Waals surface area contributed by atoms with E-state index in [4.69, 9.17) is 18.9 Å². The van der Waals surface area contributed by atoms with Gasteiger partial charge >= 0.3 is 5.97 Å². The third kappa shape index (κ3) is 4.96. The highest BCUT2D eigenvalue weighted by Gasteiger charge is 2.47. The molecule has 0 saturated heterocycles. The van der Waals surface area contributed by atoms with Crippen molar-refractivity contribution in [3.8, 4) is 11.5 Å². The van der Waals surface area contributed by atoms with Crippen LogP contribution in [0.1, 0.15) is 41.4 Å². The van der Waals surface area contributed by atoms with Gasteiger partial charge in [-0.25, -0.2) is 4.79 Å². The minimum atomic E-state index is -0.783. The number of methoxy groups -OCH3 is 2. The Kier molecular flexibility index (Phi) is 6.56. The van der Waals surface area contributed by atoms with Gasteiger partial charge in [0.1, 0.15) is 23.2 Å². The summed E-state index contributed by atoms with van der Waals surface area (Å²) in [5.74, 6) is 0.948. The number of hydrogen-bond donors (Lipinski definition) is 1. The van der Waals surface area contributed by atoms with E-state index >= 15 is 0 Å². The highest BCUT2D eigenvalue weighted by molar-refractivity contribution is 5.89. The van der Waals surface area contributed by atoms with Crippen molar-refractivity contribution in [3.63, 3.8) is 0 Å². The van der Waals surface area contributed by atoms with Gasteiger partial charge < -0.3 is 24.3 Å². The monoisotopic (exact) mass is 447 g/mol. The highest BCUT2D eigenvalue weighted by atomic mass is 16.6. The molecule has 172 valence electrons. The van der Waals surface area contributed by atoms with Gasteiger partial charge in [0.2, 0.25) is 0 Å². The number of nitrogens with one attached hydrogen (secondary N) is 1. The normalized spacial score (nSPS) is 18.5. The van der Waals surface area contributed by atoms with Crippen molar-refractivity contribution in [1.29, 1.82) is 0 Å². The lowest BCUT2D eigenvalue weighted by Crippen LogP contribution is -2.51. The highest BCUT2D eigenvalue weighted by Crippen LogP contribution is 2.44. The molecule has 3 aromatic rings. The summed E-state index contributed by atoms with van der Waals surface area (Å²) in [6.45, 7) is 4.49. The van der Waals surface area contributed by atoms with Crippen LogP contribution in [0.3, 0.4) is 0 Å². The SMILES string of the molecule is COc1ccc(C(=O)OC2C(OC)c3cc(NCc4ccccc4)ccc3OC2(C)C)cc1. The minimum Gasteiger partial charge on any atom is -0.497 e. The maximum absolute atomic E-state index is 12.9. The molecule has 0 aliphatic carbocycles. The van der Waals surface area contributed by atoms with E-state index in [0.717, 1.165) is 11.3 Å². The van der Waals surface area contributed by atoms with E-state index in [2.05, 4.69) is 17.4 Å². The first-order valence-electron chi connectivity index (χ1n) is 10.9. The van der Waals surface area contributed by atoms with E-state index in [1.165, 1.54) is 5.56 Å². The van der Waals surface area contributed by atoms with Gasteiger partial charge in [-0.1, -0.05) is 30.3 Å². The number of carbonyl (C=O) groups is 1. The molecule has 0 bridgehead atoms. The van der Waals surface area contributed by atoms with Crippen molar-refractivity contribution < 1.29 is 23.7 Å². The zero-order valence-corrected chi connectivity index (χ0v) is 19.3. The summed E-state index contributed by atoms with van der Waals surface area (Å²) in [7, 11) is 3.20. The van der Waals surface area contributed by atoms with Crippen LogP contribution in [0.5, 0.6) is 11.5 Å². The molecule has 1 aliphatic heterocycles. The van der Waals surface area contributed by atoms with Gasteiger partial charge in [-0.3, -0.25) is 0 Å². The zero-order valence-electron chi connectivity index (χ0n) is 19.3. The second kappa shape index (κ2) is 9.55. The summed E-state index contributed by atoms with van der Waals surface area (Å²) in [6.07, 6.45) is -1.13. The summed E-state index contributed by atoms with van der Waals surface area (Å²) in [6, 6.07) is 22.9. The van der Waals surface area contributed by atoms with Gasteiger partial charge in [-0.2, -0.15) is 0 Å². The average molecular weight is 448 g/mol. The Labute approximate surface area is 194 Å². The van der Waals surface area contributed by atoms with Crippen molar-refractivity contribution in [2.75, 3.05) is 19.5 Å². The lowest BCUT2D eigenvalue weighted by Gasteiger charge is -2.43. The van der Waals surface area contributed by atoms with Gasteiger partial charge in [0.15, 0.2) is 6.10 Å². The predicted molar refractivity (Wildman–Crippen MR) is 127 cm³/mol. The smallest absolute Gasteiger partial charge is 0.338 e. The van der Waals surface area contributed by atoms with E-state index in [1.54, 1.807) is 38.5 Å². The number of esters is 1. The molecule has 1 heterocycles. The lowest BCUT2D eigenvalue weighted by molar-refractivity contribution is -0.129. The summed E-state index contributed by atoms with van der Waals surface area (Å²) >= 11 is 0. The quantitative estimate of drug-likeness (QED) is 0.490. The average Bonchev–Trinajstić information content (AvgIpc) is 2.83. The zero-order chi connectivity index (χ0) is 23.4. The molecule has 0 aromatic heterocycles. The van der Waals surface area contributed by atoms with E-state index in [9.17, 15) is 4.79 Å². The van der Waals surface area contributed by atoms with Crippen LogP contribution >= 0.6 is 0 Å². The molecular weight excluding hydrogens is 418 g/mol. The second-order valence-electron chi connectivity index (χ2n) is 8.51. The molecule has 0 spiro atoms. The Morgan fingerprint density at radius 3 is 2.39 bits per heavy atom. The number of rotatable bonds is 7. The fraction of sp³-hybridized carbons (Fsp3) is 0.296. The van der Waals surface area contributed by atoms with Crippen molar-refractivity contribution in [3.05, 3.63) is 89.5 Å². The first kappa shape index (κ1) is 22.7. The topological polar surface area (TPSA) is 66.0 Å². The van der Waals surface area contributed by atoms with Crippen LogP contribution in [-0.2, 0) is 16.0 Å². The molecule has 0 fully saturated rings. The number of benzene rings is 3. The summed E-state index contributed by atoms with van der Waals surface area (Å²) in [5.41, 5.74) is 2.60. The van der Waals surface area contributed by atoms with Crippen molar-refractivity contribution in [1.82, 2.24) is 0 Å². The Morgan fingerprint density at radius 2 is 1.73 bits per heavy atom. The predicted octanol–water partition coefficient (Wildman–Crippen LogP) is 5.39. The first-order valence-corrected chi connectivity index (χ1v) is 10.9. The molecule has 6 nitrogen and oxygen atoms in total. The third-order valence-electron chi connectivity index (χ3n) is 5.80. The molecule has 0 amide bonds. The van der Waals surface area contributed by atoms with E-state index in [1.807, 2.05) is 50.2 Å². The fourth-order valence-electron chi connectivity index (χ4n) is 4.01. The maximum Gasteiger partial charge on any atom is 0.338 e. The lowest BCUT2D eigenvalue weighted by atomic mass is 9.87. The van der Waals surface area contributed by atoms with E-state index < -0.39 is 23.8 Å². The third-order valence-corrected chi connectivity index (χ3v) is 5.80. The molecule has 2 unspecified atom stereocenters. The largest absolute Gasteiger partial charge is 0.497 e. The van der Waals surface area contributed by atoms with Crippen LogP contribution < -0.4 is 14.8 Å². The number of carbonyl (C=O) groups excluding carboxylic acids is 1. The number of ether oxygens (including phenoxy) is 4. The standard InChI is InChI=1S/C27H29NO5/c1-27(2)25(32-26(29)19-10-13-21(30-3)14-11-19)24(31-4)22-16-20(12-15-23(22)33-27)28-17-18-8-6-5-7-9-18/h5-16,24-25,28H,17H2,1-4H3. The van der Waals surface area contributed by atoms with Gasteiger partial charge in [-0.05, 0) is 61.9 Å². The summed E-state index contributed by atoms with van der Waals surface area (Å²) in [5, 5.41) is 3.44. The molecule has 1 N–H and O–H groups in total. The van der Waals surface area contributed by atoms with Crippen LogP contribution in [-0.4, -0.2) is 31.9 Å². The molecule has 3 aromatic carbocycles. The maximum atomic E-state index is 12.9. The molecule has 0 saturated carbocycles. The molecular formula is C27H29NO5. The van der Waals surface area contributed by atoms with Gasteiger partial charge in [-0.15, -0.1) is 0 Å². The summed E-state index contributed by atoms with van der Waals surface area (Å²) < 4.78 is 23.2.